The van der Waals surface area contributed by atoms with Gasteiger partial charge in [-0.1, -0.05) is 42.0 Å². The topological polar surface area (TPSA) is 83.6 Å². The number of carbonyl (C=O) groups is 2. The van der Waals surface area contributed by atoms with E-state index < -0.39 is 10.0 Å². The van der Waals surface area contributed by atoms with Crippen molar-refractivity contribution in [3.63, 3.8) is 0 Å². The number of nitrogens with one attached hydrogen (secondary N) is 1. The summed E-state index contributed by atoms with van der Waals surface area (Å²) in [5.41, 5.74) is 3.59. The van der Waals surface area contributed by atoms with Crippen molar-refractivity contribution in [3.05, 3.63) is 94.4 Å². The Morgan fingerprint density at radius 1 is 0.971 bits per heavy atom. The monoisotopic (exact) mass is 492 g/mol. The number of nitrogens with zero attached hydrogens (tertiary/aromatic N) is 1. The molecule has 0 aliphatic heterocycles. The molecule has 0 atom stereocenters. The quantitative estimate of drug-likeness (QED) is 0.339. The Bertz CT molecular complexity index is 1490. The summed E-state index contributed by atoms with van der Waals surface area (Å²) in [4.78, 5) is 24.9. The number of sulfonamides is 1. The van der Waals surface area contributed by atoms with Crippen LogP contribution in [0.25, 0.3) is 10.1 Å². The highest BCUT2D eigenvalue weighted by Crippen LogP contribution is 2.31. The normalized spacial score (nSPS) is 11.4. The zero-order valence-electron chi connectivity index (χ0n) is 19.0. The zero-order valence-corrected chi connectivity index (χ0v) is 20.7. The fraction of sp³-hybridized carbons (Fsp3) is 0.154. The van der Waals surface area contributed by atoms with Crippen molar-refractivity contribution < 1.29 is 18.0 Å². The third kappa shape index (κ3) is 5.35. The highest BCUT2D eigenvalue weighted by Gasteiger charge is 2.19. The van der Waals surface area contributed by atoms with Gasteiger partial charge in [0.1, 0.15) is 0 Å². The number of carbonyl (C=O) groups excluding carboxylic acids is 2. The number of thiophene rings is 1. The second-order valence-electron chi connectivity index (χ2n) is 8.18. The molecule has 1 aromatic heterocycles. The van der Waals surface area contributed by atoms with Crippen molar-refractivity contribution in [1.29, 1.82) is 0 Å². The van der Waals surface area contributed by atoms with Crippen LogP contribution in [0.5, 0.6) is 0 Å². The molecule has 0 unspecified atom stereocenters. The molecular weight excluding hydrogens is 468 g/mol. The van der Waals surface area contributed by atoms with Crippen molar-refractivity contribution >= 4 is 54.5 Å². The molecule has 0 saturated heterocycles. The van der Waals surface area contributed by atoms with Crippen LogP contribution in [-0.4, -0.2) is 26.4 Å². The summed E-state index contributed by atoms with van der Waals surface area (Å²) in [6.07, 6.45) is 1.19. The van der Waals surface area contributed by atoms with E-state index >= 15 is 0 Å². The molecule has 0 bridgehead atoms. The molecule has 4 rings (SSSR count). The standard InChI is InChI=1S/C26H24N2O4S2/c1-17-7-9-19(10-8-17)16-28(34(3,31)32)23-11-12-24-21(14-23)15-25(33-24)26(30)27-22-6-4-5-20(13-22)18(2)29/h4-15H,16H2,1-3H3,(H,27,30). The van der Waals surface area contributed by atoms with Gasteiger partial charge in [-0.25, -0.2) is 8.42 Å². The van der Waals surface area contributed by atoms with Gasteiger partial charge in [0, 0.05) is 16.0 Å². The van der Waals surface area contributed by atoms with E-state index in [0.717, 1.165) is 21.2 Å². The number of rotatable bonds is 7. The smallest absolute Gasteiger partial charge is 0.265 e. The number of fused-ring (bicyclic) bond motifs is 1. The van der Waals surface area contributed by atoms with Crippen LogP contribution in [0, 0.1) is 6.92 Å². The molecule has 1 heterocycles. The fourth-order valence-electron chi connectivity index (χ4n) is 3.57. The highest BCUT2D eigenvalue weighted by atomic mass is 32.2. The summed E-state index contributed by atoms with van der Waals surface area (Å²) >= 11 is 1.32. The third-order valence-corrected chi connectivity index (χ3v) is 7.64. The molecule has 1 N–H and O–H groups in total. The van der Waals surface area contributed by atoms with Gasteiger partial charge in [0.05, 0.1) is 23.4 Å². The molecule has 6 nitrogen and oxygen atoms in total. The Morgan fingerprint density at radius 2 is 1.71 bits per heavy atom. The highest BCUT2D eigenvalue weighted by molar-refractivity contribution is 7.92. The Balaban J connectivity index is 1.61. The van der Waals surface area contributed by atoms with Crippen LogP contribution >= 0.6 is 11.3 Å². The van der Waals surface area contributed by atoms with E-state index in [2.05, 4.69) is 5.32 Å². The first kappa shape index (κ1) is 23.7. The van der Waals surface area contributed by atoms with E-state index in [4.69, 9.17) is 0 Å². The Morgan fingerprint density at radius 3 is 2.38 bits per heavy atom. The van der Waals surface area contributed by atoms with Crippen LogP contribution in [0.1, 0.15) is 38.1 Å². The van der Waals surface area contributed by atoms with Gasteiger partial charge >= 0.3 is 0 Å². The van der Waals surface area contributed by atoms with Crippen molar-refractivity contribution in [1.82, 2.24) is 0 Å². The fourth-order valence-corrected chi connectivity index (χ4v) is 5.38. The summed E-state index contributed by atoms with van der Waals surface area (Å²) in [5, 5.41) is 3.61. The minimum atomic E-state index is -3.53. The van der Waals surface area contributed by atoms with Crippen molar-refractivity contribution in [2.45, 2.75) is 20.4 Å². The van der Waals surface area contributed by atoms with E-state index in [1.807, 2.05) is 37.3 Å². The predicted molar refractivity (Wildman–Crippen MR) is 138 cm³/mol. The lowest BCUT2D eigenvalue weighted by Gasteiger charge is -2.22. The van der Waals surface area contributed by atoms with Gasteiger partial charge in [0.15, 0.2) is 5.78 Å². The summed E-state index contributed by atoms with van der Waals surface area (Å²) in [7, 11) is -3.53. The lowest BCUT2D eigenvalue weighted by Crippen LogP contribution is -2.29. The Hall–Kier alpha value is -3.49. The molecular formula is C26H24N2O4S2. The second-order valence-corrected chi connectivity index (χ2v) is 11.2. The van der Waals surface area contributed by atoms with Gasteiger partial charge in [-0.3, -0.25) is 13.9 Å². The van der Waals surface area contributed by atoms with Crippen molar-refractivity contribution in [2.24, 2.45) is 0 Å². The molecule has 174 valence electrons. The lowest BCUT2D eigenvalue weighted by molar-refractivity contribution is 0.101. The van der Waals surface area contributed by atoms with Gasteiger partial charge in [0.25, 0.3) is 5.91 Å². The second kappa shape index (κ2) is 9.40. The van der Waals surface area contributed by atoms with Gasteiger partial charge in [0.2, 0.25) is 10.0 Å². The molecule has 0 saturated carbocycles. The van der Waals surface area contributed by atoms with Gasteiger partial charge in [-0.05, 0) is 61.2 Å². The first-order chi connectivity index (χ1) is 16.1. The Labute approximate surface area is 202 Å². The first-order valence-corrected chi connectivity index (χ1v) is 13.3. The number of hydrogen-bond acceptors (Lipinski definition) is 5. The number of Topliss-reactive ketones (excluding diaryl/α,β-unsaturated/α-hetero) is 1. The van der Waals surface area contributed by atoms with Gasteiger partial charge in [-0.2, -0.15) is 0 Å². The predicted octanol–water partition coefficient (Wildman–Crippen LogP) is 5.63. The van der Waals surface area contributed by atoms with E-state index in [0.29, 0.717) is 21.8 Å². The van der Waals surface area contributed by atoms with Crippen LogP contribution < -0.4 is 9.62 Å². The number of benzene rings is 3. The molecule has 0 fully saturated rings. The van der Waals surface area contributed by atoms with Crippen LogP contribution in [0.15, 0.2) is 72.8 Å². The molecule has 1 amide bonds. The van der Waals surface area contributed by atoms with Crippen LogP contribution in [0.2, 0.25) is 0 Å². The van der Waals surface area contributed by atoms with Crippen molar-refractivity contribution in [3.8, 4) is 0 Å². The van der Waals surface area contributed by atoms with Gasteiger partial charge in [-0.15, -0.1) is 11.3 Å². The number of anilines is 2. The molecule has 0 aliphatic carbocycles. The van der Waals surface area contributed by atoms with E-state index in [1.165, 1.54) is 28.8 Å². The van der Waals surface area contributed by atoms with Crippen LogP contribution in [0.3, 0.4) is 0 Å². The first-order valence-electron chi connectivity index (χ1n) is 10.6. The summed E-state index contributed by atoms with van der Waals surface area (Å²) in [6, 6.07) is 21.6. The maximum atomic E-state index is 12.8. The molecule has 0 radical (unpaired) electrons. The summed E-state index contributed by atoms with van der Waals surface area (Å²) in [5.74, 6) is -0.366. The maximum Gasteiger partial charge on any atom is 0.265 e. The maximum absolute atomic E-state index is 12.8. The molecule has 4 aromatic rings. The number of aryl methyl sites for hydroxylation is 1. The largest absolute Gasteiger partial charge is 0.321 e. The van der Waals surface area contributed by atoms with E-state index in [-0.39, 0.29) is 18.2 Å². The number of hydrogen-bond donors (Lipinski definition) is 1. The van der Waals surface area contributed by atoms with Crippen LogP contribution in [0.4, 0.5) is 11.4 Å². The van der Waals surface area contributed by atoms with E-state index in [9.17, 15) is 18.0 Å². The molecule has 0 aliphatic rings. The molecule has 34 heavy (non-hydrogen) atoms. The van der Waals surface area contributed by atoms with Crippen molar-refractivity contribution in [2.75, 3.05) is 15.9 Å². The molecule has 8 heteroatoms. The minimum Gasteiger partial charge on any atom is -0.321 e. The minimum absolute atomic E-state index is 0.0773. The number of ketones is 1. The zero-order chi connectivity index (χ0) is 24.5. The van der Waals surface area contributed by atoms with E-state index in [1.54, 1.807) is 42.5 Å². The average molecular weight is 493 g/mol. The SMILES string of the molecule is CC(=O)c1cccc(NC(=O)c2cc3cc(N(Cc4ccc(C)cc4)S(C)(=O)=O)ccc3s2)c1. The Kier molecular flexibility index (Phi) is 6.54. The van der Waals surface area contributed by atoms with Crippen LogP contribution in [-0.2, 0) is 16.6 Å². The summed E-state index contributed by atoms with van der Waals surface area (Å²) in [6.45, 7) is 3.67. The molecule has 0 spiro atoms. The van der Waals surface area contributed by atoms with Gasteiger partial charge < -0.3 is 5.32 Å². The summed E-state index contributed by atoms with van der Waals surface area (Å²) < 4.78 is 27.4. The number of amides is 1. The average Bonchev–Trinajstić information content (AvgIpc) is 3.21. The molecule has 3 aromatic carbocycles. The third-order valence-electron chi connectivity index (χ3n) is 5.39. The lowest BCUT2D eigenvalue weighted by atomic mass is 10.1.